The van der Waals surface area contributed by atoms with Gasteiger partial charge in [0.1, 0.15) is 13.2 Å². The second-order valence-electron chi connectivity index (χ2n) is 4.38. The average molecular weight is 383 g/mol. The molecule has 1 aliphatic rings. The van der Waals surface area contributed by atoms with Crippen LogP contribution in [0.25, 0.3) is 0 Å². The predicted octanol–water partition coefficient (Wildman–Crippen LogP) is 2.51. The van der Waals surface area contributed by atoms with E-state index in [2.05, 4.69) is 43.9 Å². The first-order valence-corrected chi connectivity index (χ1v) is 7.49. The van der Waals surface area contributed by atoms with Crippen LogP contribution >= 0.6 is 22.6 Å². The van der Waals surface area contributed by atoms with Crippen LogP contribution in [0.5, 0.6) is 11.5 Å². The molecule has 0 spiro atoms. The number of nitrogens with one attached hydrogen (secondary N) is 1. The molecule has 1 aromatic heterocycles. The molecule has 1 aromatic carbocycles. The standard InChI is InChI=1S/C14H14IN3O2/c15-11-8-17-14(18-9-11)16-4-3-10-1-2-12-13(7-10)20-6-5-19-12/h1-2,7-9H,3-6H2,(H,16,17,18). The van der Waals surface area contributed by atoms with Gasteiger partial charge in [0.05, 0.1) is 0 Å². The van der Waals surface area contributed by atoms with Crippen molar-refractivity contribution in [2.24, 2.45) is 0 Å². The van der Waals surface area contributed by atoms with Gasteiger partial charge in [0.15, 0.2) is 11.5 Å². The Morgan fingerprint density at radius 1 is 1.10 bits per heavy atom. The lowest BCUT2D eigenvalue weighted by molar-refractivity contribution is 0.171. The van der Waals surface area contributed by atoms with Crippen LogP contribution in [0.1, 0.15) is 5.56 Å². The van der Waals surface area contributed by atoms with Gasteiger partial charge in [-0.1, -0.05) is 6.07 Å². The largest absolute Gasteiger partial charge is 0.486 e. The molecule has 5 nitrogen and oxygen atoms in total. The summed E-state index contributed by atoms with van der Waals surface area (Å²) in [6, 6.07) is 6.06. The summed E-state index contributed by atoms with van der Waals surface area (Å²) in [4.78, 5) is 8.41. The highest BCUT2D eigenvalue weighted by molar-refractivity contribution is 14.1. The fourth-order valence-corrected chi connectivity index (χ4v) is 2.24. The molecule has 104 valence electrons. The Morgan fingerprint density at radius 2 is 1.85 bits per heavy atom. The van der Waals surface area contributed by atoms with Gasteiger partial charge in [0.25, 0.3) is 0 Å². The van der Waals surface area contributed by atoms with E-state index in [0.717, 1.165) is 28.0 Å². The summed E-state index contributed by atoms with van der Waals surface area (Å²) < 4.78 is 12.1. The van der Waals surface area contributed by atoms with Gasteiger partial charge in [-0.25, -0.2) is 9.97 Å². The molecule has 0 bridgehead atoms. The van der Waals surface area contributed by atoms with Crippen molar-refractivity contribution in [3.63, 3.8) is 0 Å². The van der Waals surface area contributed by atoms with Crippen LogP contribution in [-0.4, -0.2) is 29.7 Å². The number of benzene rings is 1. The van der Waals surface area contributed by atoms with Gasteiger partial charge < -0.3 is 14.8 Å². The van der Waals surface area contributed by atoms with Gasteiger partial charge in [0, 0.05) is 22.5 Å². The number of ether oxygens (including phenoxy) is 2. The lowest BCUT2D eigenvalue weighted by Crippen LogP contribution is -2.15. The van der Waals surface area contributed by atoms with E-state index in [1.165, 1.54) is 5.56 Å². The van der Waals surface area contributed by atoms with Crippen molar-refractivity contribution in [2.75, 3.05) is 25.1 Å². The van der Waals surface area contributed by atoms with E-state index in [1.807, 2.05) is 12.1 Å². The Balaban J connectivity index is 1.57. The molecule has 6 heteroatoms. The highest BCUT2D eigenvalue weighted by Crippen LogP contribution is 2.30. The molecule has 0 aliphatic carbocycles. The van der Waals surface area contributed by atoms with Crippen molar-refractivity contribution in [1.82, 2.24) is 9.97 Å². The second-order valence-corrected chi connectivity index (χ2v) is 5.63. The number of hydrogen-bond acceptors (Lipinski definition) is 5. The van der Waals surface area contributed by atoms with Crippen molar-refractivity contribution >= 4 is 28.5 Å². The molecule has 2 aromatic rings. The van der Waals surface area contributed by atoms with E-state index in [4.69, 9.17) is 9.47 Å². The Kier molecular flexibility index (Phi) is 4.19. The summed E-state index contributed by atoms with van der Waals surface area (Å²) in [6.45, 7) is 2.02. The van der Waals surface area contributed by atoms with E-state index >= 15 is 0 Å². The summed E-state index contributed by atoms with van der Waals surface area (Å²) in [5.74, 6) is 2.32. The predicted molar refractivity (Wildman–Crippen MR) is 84.4 cm³/mol. The van der Waals surface area contributed by atoms with Gasteiger partial charge in [-0.05, 0) is 46.7 Å². The van der Waals surface area contributed by atoms with Crippen LogP contribution in [0.3, 0.4) is 0 Å². The molecule has 0 radical (unpaired) electrons. The number of anilines is 1. The number of aromatic nitrogens is 2. The Bertz CT molecular complexity index is 589. The molecular weight excluding hydrogens is 369 g/mol. The molecule has 3 rings (SSSR count). The minimum atomic E-state index is 0.616. The molecule has 0 saturated carbocycles. The molecule has 1 aliphatic heterocycles. The monoisotopic (exact) mass is 383 g/mol. The third kappa shape index (κ3) is 3.30. The maximum absolute atomic E-state index is 5.57. The first-order valence-electron chi connectivity index (χ1n) is 6.41. The van der Waals surface area contributed by atoms with Crippen molar-refractivity contribution in [3.8, 4) is 11.5 Å². The SMILES string of the molecule is Ic1cnc(NCCc2ccc3c(c2)OCCO3)nc1. The molecule has 1 N–H and O–H groups in total. The fourth-order valence-electron chi connectivity index (χ4n) is 1.97. The number of hydrogen-bond donors (Lipinski definition) is 1. The number of rotatable bonds is 4. The number of halogens is 1. The third-order valence-electron chi connectivity index (χ3n) is 2.92. The normalized spacial score (nSPS) is 13.1. The lowest BCUT2D eigenvalue weighted by atomic mass is 10.1. The van der Waals surface area contributed by atoms with Crippen LogP contribution in [0, 0.1) is 3.57 Å². The first kappa shape index (κ1) is 13.4. The van der Waals surface area contributed by atoms with Crippen LogP contribution in [0.15, 0.2) is 30.6 Å². The number of nitrogens with zero attached hydrogens (tertiary/aromatic N) is 2. The molecule has 0 unspecified atom stereocenters. The third-order valence-corrected chi connectivity index (χ3v) is 3.48. The molecule has 0 atom stereocenters. The quantitative estimate of drug-likeness (QED) is 0.823. The minimum absolute atomic E-state index is 0.616. The van der Waals surface area contributed by atoms with E-state index < -0.39 is 0 Å². The smallest absolute Gasteiger partial charge is 0.222 e. The molecule has 20 heavy (non-hydrogen) atoms. The van der Waals surface area contributed by atoms with Gasteiger partial charge in [-0.15, -0.1) is 0 Å². The van der Waals surface area contributed by atoms with Crippen molar-refractivity contribution < 1.29 is 9.47 Å². The average Bonchev–Trinajstić information content (AvgIpc) is 2.49. The highest BCUT2D eigenvalue weighted by Gasteiger charge is 2.11. The van der Waals surface area contributed by atoms with Crippen LogP contribution in [-0.2, 0) is 6.42 Å². The first-order chi connectivity index (χ1) is 9.81. The summed E-state index contributed by atoms with van der Waals surface area (Å²) >= 11 is 2.18. The second kappa shape index (κ2) is 6.25. The zero-order valence-corrected chi connectivity index (χ0v) is 13.0. The molecule has 0 saturated heterocycles. The molecule has 0 amide bonds. The fraction of sp³-hybridized carbons (Fsp3) is 0.286. The molecule has 2 heterocycles. The topological polar surface area (TPSA) is 56.3 Å². The van der Waals surface area contributed by atoms with Gasteiger partial charge in [-0.2, -0.15) is 0 Å². The molecule has 0 fully saturated rings. The van der Waals surface area contributed by atoms with Crippen molar-refractivity contribution in [1.29, 1.82) is 0 Å². The Morgan fingerprint density at radius 3 is 2.65 bits per heavy atom. The van der Waals surface area contributed by atoms with Gasteiger partial charge in [-0.3, -0.25) is 0 Å². The van der Waals surface area contributed by atoms with E-state index in [1.54, 1.807) is 12.4 Å². The highest BCUT2D eigenvalue weighted by atomic mass is 127. The maximum atomic E-state index is 5.57. The Hall–Kier alpha value is -1.57. The zero-order valence-electron chi connectivity index (χ0n) is 10.8. The summed E-state index contributed by atoms with van der Waals surface area (Å²) in [7, 11) is 0. The summed E-state index contributed by atoms with van der Waals surface area (Å²) in [6.07, 6.45) is 4.46. The van der Waals surface area contributed by atoms with Crippen LogP contribution in [0.2, 0.25) is 0 Å². The number of fused-ring (bicyclic) bond motifs is 1. The summed E-state index contributed by atoms with van der Waals surface area (Å²) in [5.41, 5.74) is 1.20. The van der Waals surface area contributed by atoms with Crippen LogP contribution in [0.4, 0.5) is 5.95 Å². The van der Waals surface area contributed by atoms with Gasteiger partial charge >= 0.3 is 0 Å². The van der Waals surface area contributed by atoms with Crippen molar-refractivity contribution in [2.45, 2.75) is 6.42 Å². The lowest BCUT2D eigenvalue weighted by Gasteiger charge is -2.18. The Labute approximate surface area is 130 Å². The summed E-state index contributed by atoms with van der Waals surface area (Å²) in [5, 5.41) is 3.20. The van der Waals surface area contributed by atoms with Gasteiger partial charge in [0.2, 0.25) is 5.95 Å². The van der Waals surface area contributed by atoms with Crippen LogP contribution < -0.4 is 14.8 Å². The van der Waals surface area contributed by atoms with E-state index in [-0.39, 0.29) is 0 Å². The van der Waals surface area contributed by atoms with E-state index in [9.17, 15) is 0 Å². The molecular formula is C14H14IN3O2. The van der Waals surface area contributed by atoms with E-state index in [0.29, 0.717) is 19.2 Å². The minimum Gasteiger partial charge on any atom is -0.486 e. The zero-order chi connectivity index (χ0) is 13.8. The maximum Gasteiger partial charge on any atom is 0.222 e. The van der Waals surface area contributed by atoms with Crippen molar-refractivity contribution in [3.05, 3.63) is 39.7 Å².